The second-order valence-corrected chi connectivity index (χ2v) is 6.26. The zero-order valence-electron chi connectivity index (χ0n) is 11.2. The van der Waals surface area contributed by atoms with E-state index in [4.69, 9.17) is 4.55 Å². The van der Waals surface area contributed by atoms with Crippen molar-refractivity contribution in [1.82, 2.24) is 0 Å². The summed E-state index contributed by atoms with van der Waals surface area (Å²) in [6.45, 7) is 2.11. The van der Waals surface area contributed by atoms with E-state index in [2.05, 4.69) is 6.92 Å². The molecular weight excluding hydrogens is 281 g/mol. The highest BCUT2D eigenvalue weighted by Crippen LogP contribution is 2.30. The van der Waals surface area contributed by atoms with Crippen molar-refractivity contribution < 1.29 is 26.1 Å². The fraction of sp³-hybridized carbons (Fsp3) is 1.00. The summed E-state index contributed by atoms with van der Waals surface area (Å²) in [7, 11) is -5.67. The molecule has 0 amide bonds. The van der Waals surface area contributed by atoms with Crippen molar-refractivity contribution in [2.75, 3.05) is 0 Å². The van der Waals surface area contributed by atoms with E-state index >= 15 is 0 Å². The second-order valence-electron chi connectivity index (χ2n) is 4.77. The number of rotatable bonds is 11. The molecule has 19 heavy (non-hydrogen) atoms. The van der Waals surface area contributed by atoms with Crippen molar-refractivity contribution in [3.05, 3.63) is 0 Å². The van der Waals surface area contributed by atoms with Gasteiger partial charge in [0, 0.05) is 0 Å². The first-order valence-electron chi connectivity index (χ1n) is 6.72. The number of alkyl halides is 3. The molecule has 0 spiro atoms. The third-order valence-corrected chi connectivity index (χ3v) is 3.96. The van der Waals surface area contributed by atoms with Crippen LogP contribution in [-0.4, -0.2) is 24.4 Å². The second kappa shape index (κ2) is 8.79. The topological polar surface area (TPSA) is 54.4 Å². The van der Waals surface area contributed by atoms with Crippen molar-refractivity contribution >= 4 is 10.1 Å². The fourth-order valence-corrected chi connectivity index (χ4v) is 2.23. The molecule has 0 aromatic carbocycles. The quantitative estimate of drug-likeness (QED) is 0.456. The predicted octanol–water partition coefficient (Wildman–Crippen LogP) is 4.34. The van der Waals surface area contributed by atoms with Crippen LogP contribution in [0.5, 0.6) is 0 Å². The van der Waals surface area contributed by atoms with Crippen molar-refractivity contribution in [2.24, 2.45) is 0 Å². The van der Waals surface area contributed by atoms with E-state index in [0.717, 1.165) is 32.1 Å². The van der Waals surface area contributed by atoms with Gasteiger partial charge in [-0.25, -0.2) is 4.39 Å². The minimum Gasteiger partial charge on any atom is -0.281 e. The Hall–Kier alpha value is -0.300. The van der Waals surface area contributed by atoms with Crippen molar-refractivity contribution in [2.45, 2.75) is 76.1 Å². The smallest absolute Gasteiger partial charge is 0.281 e. The molecule has 0 heterocycles. The Morgan fingerprint density at radius 1 is 1.00 bits per heavy atom. The fourth-order valence-electron chi connectivity index (χ4n) is 1.79. The van der Waals surface area contributed by atoms with Crippen molar-refractivity contribution in [3.63, 3.8) is 0 Å². The van der Waals surface area contributed by atoms with Gasteiger partial charge in [-0.2, -0.15) is 17.2 Å². The lowest BCUT2D eigenvalue weighted by atomic mass is 10.1. The largest absolute Gasteiger partial charge is 0.400 e. The van der Waals surface area contributed by atoms with Gasteiger partial charge in [-0.05, 0) is 6.42 Å². The minimum absolute atomic E-state index is 0.194. The molecule has 0 bridgehead atoms. The maximum Gasteiger partial charge on any atom is 0.400 e. The maximum absolute atomic E-state index is 13.1. The van der Waals surface area contributed by atoms with E-state index in [0.29, 0.717) is 6.42 Å². The highest BCUT2D eigenvalue weighted by atomic mass is 32.2. The van der Waals surface area contributed by atoms with Crippen LogP contribution in [0.2, 0.25) is 0 Å². The first-order valence-corrected chi connectivity index (χ1v) is 8.16. The van der Waals surface area contributed by atoms with Gasteiger partial charge in [0.05, 0.1) is 0 Å². The summed E-state index contributed by atoms with van der Waals surface area (Å²) in [6, 6.07) is 0. The lowest BCUT2D eigenvalue weighted by molar-refractivity contribution is -0.00709. The summed E-state index contributed by atoms with van der Waals surface area (Å²) in [5.74, 6) is 0. The molecule has 0 aromatic rings. The van der Waals surface area contributed by atoms with Gasteiger partial charge in [0.15, 0.2) is 6.17 Å². The Morgan fingerprint density at radius 3 is 1.84 bits per heavy atom. The molecule has 0 aliphatic carbocycles. The van der Waals surface area contributed by atoms with Crippen molar-refractivity contribution in [3.8, 4) is 0 Å². The number of hydrogen-bond donors (Lipinski definition) is 1. The number of hydrogen-bond acceptors (Lipinski definition) is 2. The summed E-state index contributed by atoms with van der Waals surface area (Å²) < 4.78 is 67.5. The van der Waals surface area contributed by atoms with Crippen LogP contribution in [0, 0.1) is 0 Å². The number of halogens is 3. The Balaban J connectivity index is 3.73. The van der Waals surface area contributed by atoms with E-state index in [9.17, 15) is 21.6 Å². The summed E-state index contributed by atoms with van der Waals surface area (Å²) in [5, 5.41) is -4.70. The Bertz CT molecular complexity index is 331. The van der Waals surface area contributed by atoms with Crippen LogP contribution < -0.4 is 0 Å². The third kappa shape index (κ3) is 7.15. The highest BCUT2D eigenvalue weighted by Gasteiger charge is 2.52. The molecule has 0 saturated carbocycles. The Kier molecular flexibility index (Phi) is 8.65. The molecule has 1 unspecified atom stereocenters. The van der Waals surface area contributed by atoms with Gasteiger partial charge in [-0.15, -0.1) is 0 Å². The van der Waals surface area contributed by atoms with Crippen LogP contribution in [0.4, 0.5) is 13.2 Å². The van der Waals surface area contributed by atoms with Gasteiger partial charge in [-0.1, -0.05) is 58.3 Å². The molecule has 0 radical (unpaired) electrons. The Morgan fingerprint density at radius 2 is 1.42 bits per heavy atom. The SMILES string of the molecule is CCCCCCCCCCC(F)C(F)(F)S(=O)(=O)O. The first-order chi connectivity index (χ1) is 8.73. The molecule has 0 aliphatic rings. The average Bonchev–Trinajstić information content (AvgIpc) is 2.30. The van der Waals surface area contributed by atoms with Gasteiger partial charge in [0.2, 0.25) is 0 Å². The van der Waals surface area contributed by atoms with Crippen LogP contribution in [0.3, 0.4) is 0 Å². The molecule has 0 rings (SSSR count). The molecule has 7 heteroatoms. The normalized spacial score (nSPS) is 14.6. The van der Waals surface area contributed by atoms with Crippen LogP contribution >= 0.6 is 0 Å². The molecule has 1 N–H and O–H groups in total. The summed E-state index contributed by atoms with van der Waals surface area (Å²) in [6.07, 6.45) is 3.73. The molecule has 0 saturated heterocycles. The molecule has 3 nitrogen and oxygen atoms in total. The van der Waals surface area contributed by atoms with Crippen LogP contribution in [0.25, 0.3) is 0 Å². The van der Waals surface area contributed by atoms with Gasteiger partial charge >= 0.3 is 15.4 Å². The summed E-state index contributed by atoms with van der Waals surface area (Å²) >= 11 is 0. The predicted molar refractivity (Wildman–Crippen MR) is 68.6 cm³/mol. The van der Waals surface area contributed by atoms with Gasteiger partial charge in [0.1, 0.15) is 0 Å². The third-order valence-electron chi connectivity index (χ3n) is 3.02. The zero-order valence-corrected chi connectivity index (χ0v) is 12.1. The van der Waals surface area contributed by atoms with Gasteiger partial charge in [0.25, 0.3) is 0 Å². The summed E-state index contributed by atoms with van der Waals surface area (Å²) in [5.41, 5.74) is 0. The van der Waals surface area contributed by atoms with E-state index in [1.807, 2.05) is 0 Å². The summed E-state index contributed by atoms with van der Waals surface area (Å²) in [4.78, 5) is 0. The molecule has 0 aromatic heterocycles. The number of unbranched alkanes of at least 4 members (excludes halogenated alkanes) is 7. The monoisotopic (exact) mass is 304 g/mol. The Labute approximate surface area is 113 Å². The lowest BCUT2D eigenvalue weighted by Crippen LogP contribution is -2.38. The van der Waals surface area contributed by atoms with Crippen LogP contribution in [-0.2, 0) is 10.1 Å². The molecular formula is C12H23F3O3S. The highest BCUT2D eigenvalue weighted by molar-refractivity contribution is 7.86. The van der Waals surface area contributed by atoms with E-state index in [1.165, 1.54) is 6.42 Å². The van der Waals surface area contributed by atoms with Gasteiger partial charge in [-0.3, -0.25) is 4.55 Å². The lowest BCUT2D eigenvalue weighted by Gasteiger charge is -2.17. The van der Waals surface area contributed by atoms with Crippen LogP contribution in [0.15, 0.2) is 0 Å². The zero-order chi connectivity index (χ0) is 14.9. The van der Waals surface area contributed by atoms with Crippen LogP contribution in [0.1, 0.15) is 64.7 Å². The van der Waals surface area contributed by atoms with E-state index in [1.54, 1.807) is 0 Å². The van der Waals surface area contributed by atoms with Crippen molar-refractivity contribution in [1.29, 1.82) is 0 Å². The van der Waals surface area contributed by atoms with E-state index < -0.39 is 28.0 Å². The van der Waals surface area contributed by atoms with E-state index in [-0.39, 0.29) is 6.42 Å². The molecule has 1 atom stereocenters. The molecule has 0 fully saturated rings. The van der Waals surface area contributed by atoms with Gasteiger partial charge < -0.3 is 0 Å². The standard InChI is InChI=1S/C12H23F3O3S/c1-2-3-4-5-6-7-8-9-10-11(13)12(14,15)19(16,17)18/h11H,2-10H2,1H3,(H,16,17,18). The average molecular weight is 304 g/mol. The maximum atomic E-state index is 13.1. The first kappa shape index (κ1) is 18.7. The molecule has 0 aliphatic heterocycles. The minimum atomic E-state index is -5.67. The molecule has 116 valence electrons.